The molecule has 0 unspecified atom stereocenters. The van der Waals surface area contributed by atoms with Crippen molar-refractivity contribution in [1.29, 1.82) is 0 Å². The van der Waals surface area contributed by atoms with Gasteiger partial charge in [0.1, 0.15) is 0 Å². The summed E-state index contributed by atoms with van der Waals surface area (Å²) in [6.07, 6.45) is 0. The van der Waals surface area contributed by atoms with Gasteiger partial charge in [-0.15, -0.1) is 0 Å². The predicted octanol–water partition coefficient (Wildman–Crippen LogP) is 3.56. The van der Waals surface area contributed by atoms with E-state index in [0.29, 0.717) is 0 Å². The minimum absolute atomic E-state index is 0.750. The Labute approximate surface area is 102 Å². The van der Waals surface area contributed by atoms with Gasteiger partial charge in [-0.05, 0) is 24.6 Å². The van der Waals surface area contributed by atoms with Crippen LogP contribution in [0.2, 0.25) is 0 Å². The highest BCUT2D eigenvalue weighted by molar-refractivity contribution is 5.45. The number of rotatable bonds is 4. The summed E-state index contributed by atoms with van der Waals surface area (Å²) >= 11 is 0. The molecule has 0 amide bonds. The molecule has 0 radical (unpaired) electrons. The third-order valence-electron chi connectivity index (χ3n) is 2.71. The van der Waals surface area contributed by atoms with Crippen LogP contribution in [0.25, 0.3) is 0 Å². The molecule has 2 heteroatoms. The maximum Gasteiger partial charge on any atom is 0.0706 e. The van der Waals surface area contributed by atoms with Crippen LogP contribution in [0, 0.1) is 6.92 Å². The van der Waals surface area contributed by atoms with E-state index in [1.165, 1.54) is 11.1 Å². The molecule has 0 fully saturated rings. The zero-order valence-electron chi connectivity index (χ0n) is 10.3. The van der Waals surface area contributed by atoms with Gasteiger partial charge in [0.2, 0.25) is 0 Å². The van der Waals surface area contributed by atoms with Crippen molar-refractivity contribution in [2.45, 2.75) is 13.5 Å². The first kappa shape index (κ1) is 11.7. The number of hydrogen-bond donors (Lipinski definition) is 0. The van der Waals surface area contributed by atoms with Gasteiger partial charge in [-0.2, -0.15) is 0 Å². The van der Waals surface area contributed by atoms with E-state index in [0.717, 1.165) is 12.2 Å². The van der Waals surface area contributed by atoms with Crippen molar-refractivity contribution >= 4 is 5.69 Å². The van der Waals surface area contributed by atoms with Crippen LogP contribution in [0.3, 0.4) is 0 Å². The molecule has 0 saturated heterocycles. The first-order valence-corrected chi connectivity index (χ1v) is 5.72. The lowest BCUT2D eigenvalue weighted by molar-refractivity contribution is 0.163. The molecule has 0 aliphatic heterocycles. The second-order valence-electron chi connectivity index (χ2n) is 4.04. The molecule has 2 rings (SSSR count). The number of hydroxylamine groups is 1. The highest BCUT2D eigenvalue weighted by atomic mass is 16.7. The lowest BCUT2D eigenvalue weighted by Gasteiger charge is -2.22. The predicted molar refractivity (Wildman–Crippen MR) is 70.8 cm³/mol. The number of aryl methyl sites for hydroxylation is 1. The van der Waals surface area contributed by atoms with Gasteiger partial charge < -0.3 is 0 Å². The van der Waals surface area contributed by atoms with E-state index >= 15 is 0 Å². The third-order valence-corrected chi connectivity index (χ3v) is 2.71. The second-order valence-corrected chi connectivity index (χ2v) is 4.04. The molecular weight excluding hydrogens is 210 g/mol. The van der Waals surface area contributed by atoms with Gasteiger partial charge in [0, 0.05) is 0 Å². The Morgan fingerprint density at radius 3 is 2.18 bits per heavy atom. The fourth-order valence-corrected chi connectivity index (χ4v) is 1.72. The summed E-state index contributed by atoms with van der Waals surface area (Å²) in [5.41, 5.74) is 3.56. The average Bonchev–Trinajstić information content (AvgIpc) is 2.38. The summed E-state index contributed by atoms with van der Waals surface area (Å²) in [5.74, 6) is 0. The van der Waals surface area contributed by atoms with E-state index < -0.39 is 0 Å². The Morgan fingerprint density at radius 2 is 1.59 bits per heavy atom. The third kappa shape index (κ3) is 3.08. The van der Waals surface area contributed by atoms with Crippen molar-refractivity contribution in [3.05, 3.63) is 65.7 Å². The van der Waals surface area contributed by atoms with Crippen LogP contribution in [0.15, 0.2) is 54.6 Å². The summed E-state index contributed by atoms with van der Waals surface area (Å²) < 4.78 is 0. The fraction of sp³-hybridized carbons (Fsp3) is 0.200. The Kier molecular flexibility index (Phi) is 3.78. The number of nitrogens with zero attached hydrogens (tertiary/aromatic N) is 1. The Bertz CT molecular complexity index is 450. The fourth-order valence-electron chi connectivity index (χ4n) is 1.72. The molecule has 0 saturated carbocycles. The molecular formula is C15H17NO. The quantitative estimate of drug-likeness (QED) is 0.740. The van der Waals surface area contributed by atoms with Crippen LogP contribution in [-0.2, 0) is 11.4 Å². The molecule has 88 valence electrons. The molecule has 0 aliphatic rings. The first-order chi connectivity index (χ1) is 8.29. The highest BCUT2D eigenvalue weighted by Crippen LogP contribution is 2.17. The van der Waals surface area contributed by atoms with Gasteiger partial charge in [0.15, 0.2) is 0 Å². The monoisotopic (exact) mass is 227 g/mol. The molecule has 17 heavy (non-hydrogen) atoms. The maximum atomic E-state index is 5.41. The van der Waals surface area contributed by atoms with Crippen molar-refractivity contribution in [2.75, 3.05) is 12.2 Å². The Hall–Kier alpha value is -1.80. The smallest absolute Gasteiger partial charge is 0.0706 e. The number of hydrogen-bond acceptors (Lipinski definition) is 2. The molecule has 0 N–H and O–H groups in total. The lowest BCUT2D eigenvalue weighted by Crippen LogP contribution is -2.20. The highest BCUT2D eigenvalue weighted by Gasteiger charge is 2.05. The molecule has 2 aromatic carbocycles. The minimum Gasteiger partial charge on any atom is -0.276 e. The van der Waals surface area contributed by atoms with Crippen molar-refractivity contribution in [1.82, 2.24) is 0 Å². The first-order valence-electron chi connectivity index (χ1n) is 5.72. The van der Waals surface area contributed by atoms with E-state index in [4.69, 9.17) is 4.84 Å². The van der Waals surface area contributed by atoms with E-state index in [1.54, 1.807) is 7.11 Å². The van der Waals surface area contributed by atoms with Crippen LogP contribution in [0.1, 0.15) is 11.1 Å². The lowest BCUT2D eigenvalue weighted by atomic mass is 10.2. The van der Waals surface area contributed by atoms with Crippen molar-refractivity contribution in [2.24, 2.45) is 0 Å². The van der Waals surface area contributed by atoms with Gasteiger partial charge in [-0.1, -0.05) is 48.0 Å². The summed E-state index contributed by atoms with van der Waals surface area (Å²) in [7, 11) is 1.70. The zero-order chi connectivity index (χ0) is 12.1. The van der Waals surface area contributed by atoms with Crippen molar-refractivity contribution in [3.63, 3.8) is 0 Å². The summed E-state index contributed by atoms with van der Waals surface area (Å²) in [4.78, 5) is 5.41. The van der Waals surface area contributed by atoms with Crippen LogP contribution in [0.5, 0.6) is 0 Å². The molecule has 2 nitrogen and oxygen atoms in total. The van der Waals surface area contributed by atoms with Gasteiger partial charge in [0.05, 0.1) is 19.3 Å². The Morgan fingerprint density at radius 1 is 0.941 bits per heavy atom. The minimum atomic E-state index is 0.750. The SMILES string of the molecule is CON(Cc1ccccc1)c1ccc(C)cc1. The molecule has 2 aromatic rings. The molecule has 0 aliphatic carbocycles. The molecule has 0 atom stereocenters. The molecule has 0 bridgehead atoms. The van der Waals surface area contributed by atoms with Crippen LogP contribution < -0.4 is 5.06 Å². The Balaban J connectivity index is 2.14. The normalized spacial score (nSPS) is 10.2. The zero-order valence-corrected chi connectivity index (χ0v) is 10.3. The standard InChI is InChI=1S/C15H17NO/c1-13-8-10-15(11-9-13)16(17-2)12-14-6-4-3-5-7-14/h3-11H,12H2,1-2H3. The van der Waals surface area contributed by atoms with E-state index in [1.807, 2.05) is 23.3 Å². The van der Waals surface area contributed by atoms with Crippen molar-refractivity contribution < 1.29 is 4.84 Å². The topological polar surface area (TPSA) is 12.5 Å². The van der Waals surface area contributed by atoms with Gasteiger partial charge in [0.25, 0.3) is 0 Å². The molecule has 0 aromatic heterocycles. The van der Waals surface area contributed by atoms with Crippen LogP contribution >= 0.6 is 0 Å². The van der Waals surface area contributed by atoms with Gasteiger partial charge in [-0.25, -0.2) is 0 Å². The van der Waals surface area contributed by atoms with Crippen molar-refractivity contribution in [3.8, 4) is 0 Å². The van der Waals surface area contributed by atoms with Crippen LogP contribution in [-0.4, -0.2) is 7.11 Å². The number of anilines is 1. The van der Waals surface area contributed by atoms with E-state index in [2.05, 4.69) is 43.3 Å². The van der Waals surface area contributed by atoms with Crippen LogP contribution in [0.4, 0.5) is 5.69 Å². The largest absolute Gasteiger partial charge is 0.276 e. The summed E-state index contributed by atoms with van der Waals surface area (Å²) in [6.45, 7) is 2.83. The van der Waals surface area contributed by atoms with Gasteiger partial charge >= 0.3 is 0 Å². The molecule has 0 heterocycles. The number of benzene rings is 2. The average molecular weight is 227 g/mol. The summed E-state index contributed by atoms with van der Waals surface area (Å²) in [6, 6.07) is 18.6. The second kappa shape index (κ2) is 5.51. The van der Waals surface area contributed by atoms with E-state index in [-0.39, 0.29) is 0 Å². The maximum absolute atomic E-state index is 5.41. The van der Waals surface area contributed by atoms with E-state index in [9.17, 15) is 0 Å². The molecule has 0 spiro atoms. The van der Waals surface area contributed by atoms with Gasteiger partial charge in [-0.3, -0.25) is 9.90 Å². The summed E-state index contributed by atoms with van der Waals surface area (Å²) in [5, 5.41) is 1.88.